The van der Waals surface area contributed by atoms with Crippen molar-refractivity contribution in [2.45, 2.75) is 20.0 Å². The maximum absolute atomic E-state index is 12.1. The van der Waals surface area contributed by atoms with Crippen molar-refractivity contribution in [3.63, 3.8) is 0 Å². The van der Waals surface area contributed by atoms with Crippen LogP contribution in [0.25, 0.3) is 0 Å². The van der Waals surface area contributed by atoms with Crippen LogP contribution in [-0.2, 0) is 10.0 Å². The van der Waals surface area contributed by atoms with Crippen LogP contribution in [0.5, 0.6) is 5.75 Å². The normalized spacial score (nSPS) is 15.4. The van der Waals surface area contributed by atoms with Crippen LogP contribution in [0.2, 0.25) is 10.0 Å². The van der Waals surface area contributed by atoms with Gasteiger partial charge in [-0.1, -0.05) is 23.2 Å². The summed E-state index contributed by atoms with van der Waals surface area (Å²) in [6.07, 6.45) is 4.19. The minimum Gasteiger partial charge on any atom is -0.486 e. The molecule has 1 aromatic carbocycles. The van der Waals surface area contributed by atoms with E-state index < -0.39 is 16.1 Å². The number of anilines is 2. The second-order valence-corrected chi connectivity index (χ2v) is 11.7. The fourth-order valence-corrected chi connectivity index (χ4v) is 5.91. The molecule has 9 nitrogen and oxygen atoms in total. The number of halogens is 2. The Morgan fingerprint density at radius 1 is 1.11 bits per heavy atom. The Morgan fingerprint density at radius 2 is 1.78 bits per heavy atom. The van der Waals surface area contributed by atoms with Crippen molar-refractivity contribution in [3.8, 4) is 5.75 Å². The van der Waals surface area contributed by atoms with Gasteiger partial charge in [0.2, 0.25) is 10.0 Å². The highest BCUT2D eigenvalue weighted by Crippen LogP contribution is 2.33. The van der Waals surface area contributed by atoms with Gasteiger partial charge >= 0.3 is 0 Å². The third kappa shape index (κ3) is 5.98. The molecule has 0 bridgehead atoms. The highest BCUT2D eigenvalue weighted by atomic mass is 35.5. The Morgan fingerprint density at radius 3 is 2.38 bits per heavy atom. The standard InChI is InChI=1S/C25H28Cl2N6O3S/c1-3-37(34,35)33-10-8-32(9-11-33)23-7-4-17(13-31-23)25(29)19-12-18(5-6-22(19)28)36-16(2)24-20(26)14-30-15-21(24)27/h4-7,12-16,29H,3,8-11,28H2,1-2H3/t16-/m1/s1. The third-order valence-corrected chi connectivity index (χ3v) is 8.75. The third-order valence-electron chi connectivity index (χ3n) is 6.26. The topological polar surface area (TPSA) is 126 Å². The van der Waals surface area contributed by atoms with Crippen LogP contribution in [-0.4, -0.2) is 60.3 Å². The summed E-state index contributed by atoms with van der Waals surface area (Å²) in [4.78, 5) is 10.5. The summed E-state index contributed by atoms with van der Waals surface area (Å²) >= 11 is 12.5. The van der Waals surface area contributed by atoms with Crippen molar-refractivity contribution in [3.05, 3.63) is 75.7 Å². The number of nitrogens with one attached hydrogen (secondary N) is 1. The number of ether oxygens (including phenoxy) is 1. The lowest BCUT2D eigenvalue weighted by molar-refractivity contribution is 0.227. The van der Waals surface area contributed by atoms with E-state index in [1.54, 1.807) is 31.3 Å². The fraction of sp³-hybridized carbons (Fsp3) is 0.320. The van der Waals surface area contributed by atoms with Gasteiger partial charge in [0.25, 0.3) is 0 Å². The van der Waals surface area contributed by atoms with Crippen molar-refractivity contribution in [2.75, 3.05) is 42.6 Å². The predicted molar refractivity (Wildman–Crippen MR) is 148 cm³/mol. The Bertz CT molecular complexity index is 1370. The molecule has 4 rings (SSSR count). The Kier molecular flexibility index (Phi) is 8.23. The van der Waals surface area contributed by atoms with E-state index >= 15 is 0 Å². The first-order valence-corrected chi connectivity index (χ1v) is 14.1. The number of hydrogen-bond acceptors (Lipinski definition) is 8. The Labute approximate surface area is 226 Å². The predicted octanol–water partition coefficient (Wildman–Crippen LogP) is 4.39. The van der Waals surface area contributed by atoms with E-state index in [-0.39, 0.29) is 11.5 Å². The molecule has 0 unspecified atom stereocenters. The van der Waals surface area contributed by atoms with Crippen molar-refractivity contribution >= 4 is 50.4 Å². The molecule has 0 saturated carbocycles. The van der Waals surface area contributed by atoms with Crippen molar-refractivity contribution in [1.29, 1.82) is 5.41 Å². The van der Waals surface area contributed by atoms with Crippen LogP contribution in [0.15, 0.2) is 48.9 Å². The van der Waals surface area contributed by atoms with E-state index in [1.807, 2.05) is 24.0 Å². The molecule has 3 aromatic rings. The highest BCUT2D eigenvalue weighted by Gasteiger charge is 2.26. The number of piperazine rings is 1. The Balaban J connectivity index is 1.47. The number of nitrogens with zero attached hydrogens (tertiary/aromatic N) is 4. The van der Waals surface area contributed by atoms with Crippen molar-refractivity contribution in [2.24, 2.45) is 0 Å². The first kappa shape index (κ1) is 27.1. The molecule has 12 heteroatoms. The number of aromatic nitrogens is 2. The molecule has 3 heterocycles. The molecule has 0 spiro atoms. The smallest absolute Gasteiger partial charge is 0.213 e. The molecule has 1 saturated heterocycles. The second kappa shape index (κ2) is 11.2. The van der Waals surface area contributed by atoms with E-state index in [0.29, 0.717) is 64.4 Å². The molecule has 2 aromatic heterocycles. The second-order valence-electron chi connectivity index (χ2n) is 8.59. The lowest BCUT2D eigenvalue weighted by Crippen LogP contribution is -2.49. The molecule has 0 amide bonds. The number of nitrogen functional groups attached to an aromatic ring is 1. The van der Waals surface area contributed by atoms with Gasteiger partial charge in [-0.15, -0.1) is 0 Å². The monoisotopic (exact) mass is 562 g/mol. The Hall–Kier alpha value is -2.92. The molecule has 37 heavy (non-hydrogen) atoms. The zero-order valence-electron chi connectivity index (χ0n) is 20.5. The number of hydrogen-bond donors (Lipinski definition) is 2. The summed E-state index contributed by atoms with van der Waals surface area (Å²) in [5, 5.41) is 9.55. The molecule has 0 radical (unpaired) electrons. The van der Waals surface area contributed by atoms with E-state index in [1.165, 1.54) is 16.7 Å². The molecule has 1 fully saturated rings. The van der Waals surface area contributed by atoms with Crippen LogP contribution in [0.3, 0.4) is 0 Å². The quantitative estimate of drug-likeness (QED) is 0.308. The SMILES string of the molecule is CCS(=O)(=O)N1CCN(c2ccc(C(=N)c3cc(O[C@H](C)c4c(Cl)cncc4Cl)ccc3N)cn2)CC1. The summed E-state index contributed by atoms with van der Waals surface area (Å²) < 4.78 is 31.8. The van der Waals surface area contributed by atoms with Crippen LogP contribution in [0.1, 0.15) is 36.6 Å². The molecular formula is C25H28Cl2N6O3S. The van der Waals surface area contributed by atoms with E-state index in [4.69, 9.17) is 39.1 Å². The summed E-state index contributed by atoms with van der Waals surface area (Å²) in [5.41, 5.74) is 8.55. The van der Waals surface area contributed by atoms with Crippen LogP contribution in [0.4, 0.5) is 11.5 Å². The summed E-state index contributed by atoms with van der Waals surface area (Å²) in [7, 11) is -3.19. The maximum atomic E-state index is 12.1. The largest absolute Gasteiger partial charge is 0.486 e. The summed E-state index contributed by atoms with van der Waals surface area (Å²) in [6.45, 7) is 5.44. The highest BCUT2D eigenvalue weighted by molar-refractivity contribution is 7.89. The first-order chi connectivity index (χ1) is 17.6. The van der Waals surface area contributed by atoms with E-state index in [0.717, 1.165) is 5.82 Å². The summed E-state index contributed by atoms with van der Waals surface area (Å²) in [5.74, 6) is 1.34. The van der Waals surface area contributed by atoms with E-state index in [2.05, 4.69) is 9.97 Å². The van der Waals surface area contributed by atoms with Crippen molar-refractivity contribution < 1.29 is 13.2 Å². The van der Waals surface area contributed by atoms with Gasteiger partial charge in [0.1, 0.15) is 17.7 Å². The van der Waals surface area contributed by atoms with Gasteiger partial charge in [-0.2, -0.15) is 4.31 Å². The number of sulfonamides is 1. The molecule has 196 valence electrons. The van der Waals surface area contributed by atoms with Crippen molar-refractivity contribution in [1.82, 2.24) is 14.3 Å². The van der Waals surface area contributed by atoms with Gasteiger partial charge in [-0.05, 0) is 44.2 Å². The summed E-state index contributed by atoms with van der Waals surface area (Å²) in [6, 6.07) is 8.77. The molecular weight excluding hydrogens is 535 g/mol. The minimum absolute atomic E-state index is 0.0988. The maximum Gasteiger partial charge on any atom is 0.213 e. The van der Waals surface area contributed by atoms with Gasteiger partial charge in [-0.25, -0.2) is 13.4 Å². The minimum atomic E-state index is -3.19. The van der Waals surface area contributed by atoms with E-state index in [9.17, 15) is 8.42 Å². The lowest BCUT2D eigenvalue weighted by Gasteiger charge is -2.34. The zero-order chi connectivity index (χ0) is 26.7. The number of nitrogens with two attached hydrogens (primary N) is 1. The van der Waals surface area contributed by atoms with Crippen LogP contribution >= 0.6 is 23.2 Å². The van der Waals surface area contributed by atoms with Gasteiger partial charge in [-0.3, -0.25) is 10.4 Å². The molecule has 1 aliphatic rings. The van der Waals surface area contributed by atoms with Crippen LogP contribution in [0, 0.1) is 5.41 Å². The van der Waals surface area contributed by atoms with Gasteiger partial charge in [0.15, 0.2) is 0 Å². The average Bonchev–Trinajstić information content (AvgIpc) is 2.89. The molecule has 0 aliphatic carbocycles. The fourth-order valence-electron chi connectivity index (χ4n) is 4.15. The molecule has 3 N–H and O–H groups in total. The van der Waals surface area contributed by atoms with Gasteiger partial charge in [0, 0.05) is 67.1 Å². The number of pyridine rings is 2. The number of benzene rings is 1. The van der Waals surface area contributed by atoms with Crippen LogP contribution < -0.4 is 15.4 Å². The molecule has 1 atom stereocenters. The first-order valence-electron chi connectivity index (χ1n) is 11.7. The average molecular weight is 564 g/mol. The number of rotatable bonds is 8. The zero-order valence-corrected chi connectivity index (χ0v) is 22.8. The lowest BCUT2D eigenvalue weighted by atomic mass is 10.0. The van der Waals surface area contributed by atoms with Gasteiger partial charge < -0.3 is 15.4 Å². The van der Waals surface area contributed by atoms with Gasteiger partial charge in [0.05, 0.1) is 21.5 Å². The molecule has 1 aliphatic heterocycles.